The van der Waals surface area contributed by atoms with Crippen LogP contribution < -0.4 is 15.8 Å². The van der Waals surface area contributed by atoms with Crippen LogP contribution in [0.25, 0.3) is 0 Å². The van der Waals surface area contributed by atoms with E-state index in [4.69, 9.17) is 10.5 Å². The molecule has 1 unspecified atom stereocenters. The Hall–Kier alpha value is -0.870. The molecule has 3 nitrogen and oxygen atoms in total. The fraction of sp³-hybridized carbons (Fsp3) is 0.455. The van der Waals surface area contributed by atoms with Crippen LogP contribution in [0.5, 0.6) is 5.75 Å². The summed E-state index contributed by atoms with van der Waals surface area (Å²) >= 11 is 1.87. The number of benzene rings is 1. The second-order valence-corrected chi connectivity index (χ2v) is 4.99. The van der Waals surface area contributed by atoms with E-state index in [1.807, 2.05) is 30.0 Å². The van der Waals surface area contributed by atoms with Gasteiger partial charge in [0.15, 0.2) is 0 Å². The molecule has 0 bridgehead atoms. The number of hydrogen-bond acceptors (Lipinski definition) is 4. The molecular formula is C11H16N2OS. The first-order valence-electron chi connectivity index (χ1n) is 5.10. The summed E-state index contributed by atoms with van der Waals surface area (Å²) in [6, 6.07) is 5.84. The maximum Gasteiger partial charge on any atom is 0.134 e. The van der Waals surface area contributed by atoms with Gasteiger partial charge in [-0.25, -0.2) is 0 Å². The highest BCUT2D eigenvalue weighted by Crippen LogP contribution is 2.35. The maximum absolute atomic E-state index is 5.71. The number of methoxy groups -OCH3 is 1. The van der Waals surface area contributed by atoms with E-state index in [-0.39, 0.29) is 0 Å². The van der Waals surface area contributed by atoms with E-state index in [0.717, 1.165) is 24.5 Å². The molecule has 0 aliphatic carbocycles. The Morgan fingerprint density at radius 3 is 3.07 bits per heavy atom. The fourth-order valence-electron chi connectivity index (χ4n) is 1.69. The summed E-state index contributed by atoms with van der Waals surface area (Å²) in [7, 11) is 1.69. The number of thioether (sulfide) groups is 1. The number of nitrogens with one attached hydrogen (secondary N) is 1. The number of ether oxygens (including phenoxy) is 1. The van der Waals surface area contributed by atoms with E-state index in [0.29, 0.717) is 5.25 Å². The predicted octanol–water partition coefficient (Wildman–Crippen LogP) is 1.73. The van der Waals surface area contributed by atoms with Crippen molar-refractivity contribution in [3.63, 3.8) is 0 Å². The van der Waals surface area contributed by atoms with Crippen molar-refractivity contribution in [1.82, 2.24) is 5.32 Å². The molecule has 0 aromatic heterocycles. The summed E-state index contributed by atoms with van der Waals surface area (Å²) in [5.41, 5.74) is 6.46. The van der Waals surface area contributed by atoms with Crippen LogP contribution in [-0.2, 0) is 0 Å². The highest BCUT2D eigenvalue weighted by molar-refractivity contribution is 8.00. The Kier molecular flexibility index (Phi) is 3.38. The monoisotopic (exact) mass is 224 g/mol. The van der Waals surface area contributed by atoms with Gasteiger partial charge in [-0.3, -0.25) is 0 Å². The summed E-state index contributed by atoms with van der Waals surface area (Å²) < 4.78 is 5.32. The first kappa shape index (κ1) is 10.6. The van der Waals surface area contributed by atoms with Crippen molar-refractivity contribution >= 4 is 17.4 Å². The van der Waals surface area contributed by atoms with Crippen molar-refractivity contribution < 1.29 is 4.74 Å². The van der Waals surface area contributed by atoms with E-state index in [1.165, 1.54) is 11.3 Å². The number of rotatable bonds is 3. The van der Waals surface area contributed by atoms with Gasteiger partial charge in [-0.15, -0.1) is 11.8 Å². The van der Waals surface area contributed by atoms with E-state index in [9.17, 15) is 0 Å². The summed E-state index contributed by atoms with van der Waals surface area (Å²) in [6.07, 6.45) is 1.22. The molecule has 1 aliphatic heterocycles. The van der Waals surface area contributed by atoms with Crippen LogP contribution in [0.2, 0.25) is 0 Å². The van der Waals surface area contributed by atoms with Crippen LogP contribution in [0.3, 0.4) is 0 Å². The standard InChI is InChI=1S/C11H16N2OS/c1-14-10-6-8(12)2-3-11(10)15-9-4-5-13-7-9/h2-3,6,9,13H,4-5,7,12H2,1H3. The molecular weight excluding hydrogens is 208 g/mol. The van der Waals surface area contributed by atoms with Crippen molar-refractivity contribution in [2.45, 2.75) is 16.6 Å². The zero-order chi connectivity index (χ0) is 10.7. The molecule has 82 valence electrons. The Bertz CT molecular complexity index is 337. The third-order valence-electron chi connectivity index (χ3n) is 2.50. The van der Waals surface area contributed by atoms with E-state index < -0.39 is 0 Å². The lowest BCUT2D eigenvalue weighted by atomic mass is 10.3. The summed E-state index contributed by atoms with van der Waals surface area (Å²) in [4.78, 5) is 1.18. The number of anilines is 1. The minimum absolute atomic E-state index is 0.655. The second kappa shape index (κ2) is 4.77. The third kappa shape index (κ3) is 2.58. The highest BCUT2D eigenvalue weighted by Gasteiger charge is 2.17. The topological polar surface area (TPSA) is 47.3 Å². The van der Waals surface area contributed by atoms with E-state index in [2.05, 4.69) is 5.32 Å². The lowest BCUT2D eigenvalue weighted by molar-refractivity contribution is 0.405. The van der Waals surface area contributed by atoms with E-state index >= 15 is 0 Å². The minimum Gasteiger partial charge on any atom is -0.496 e. The van der Waals surface area contributed by atoms with Gasteiger partial charge in [0.2, 0.25) is 0 Å². The number of nitrogens with two attached hydrogens (primary N) is 1. The van der Waals surface area contributed by atoms with Gasteiger partial charge in [0.25, 0.3) is 0 Å². The molecule has 1 atom stereocenters. The number of hydrogen-bond donors (Lipinski definition) is 2. The normalized spacial score (nSPS) is 20.5. The van der Waals surface area contributed by atoms with Gasteiger partial charge in [0, 0.05) is 28.4 Å². The first-order chi connectivity index (χ1) is 7.29. The van der Waals surface area contributed by atoms with Gasteiger partial charge in [-0.2, -0.15) is 0 Å². The molecule has 0 saturated carbocycles. The number of nitrogen functional groups attached to an aromatic ring is 1. The average Bonchev–Trinajstić information content (AvgIpc) is 2.73. The van der Waals surface area contributed by atoms with Crippen molar-refractivity contribution in [2.75, 3.05) is 25.9 Å². The molecule has 1 heterocycles. The molecule has 1 aromatic rings. The van der Waals surface area contributed by atoms with Crippen LogP contribution in [0.1, 0.15) is 6.42 Å². The van der Waals surface area contributed by atoms with Crippen LogP contribution in [-0.4, -0.2) is 25.4 Å². The molecule has 1 fully saturated rings. The van der Waals surface area contributed by atoms with Crippen LogP contribution in [0.15, 0.2) is 23.1 Å². The summed E-state index contributed by atoms with van der Waals surface area (Å²) in [5, 5.41) is 4.01. The summed E-state index contributed by atoms with van der Waals surface area (Å²) in [5.74, 6) is 0.881. The molecule has 3 N–H and O–H groups in total. The lowest BCUT2D eigenvalue weighted by Crippen LogP contribution is -2.10. The predicted molar refractivity (Wildman–Crippen MR) is 64.5 cm³/mol. The van der Waals surface area contributed by atoms with Crippen molar-refractivity contribution in [3.05, 3.63) is 18.2 Å². The Balaban J connectivity index is 2.12. The van der Waals surface area contributed by atoms with Crippen LogP contribution in [0.4, 0.5) is 5.69 Å². The van der Waals surface area contributed by atoms with E-state index in [1.54, 1.807) is 7.11 Å². The lowest BCUT2D eigenvalue weighted by Gasteiger charge is -2.12. The maximum atomic E-state index is 5.71. The smallest absolute Gasteiger partial charge is 0.134 e. The van der Waals surface area contributed by atoms with Gasteiger partial charge in [0.1, 0.15) is 5.75 Å². The molecule has 15 heavy (non-hydrogen) atoms. The zero-order valence-corrected chi connectivity index (χ0v) is 9.64. The Morgan fingerprint density at radius 1 is 1.53 bits per heavy atom. The van der Waals surface area contributed by atoms with Gasteiger partial charge >= 0.3 is 0 Å². The largest absolute Gasteiger partial charge is 0.496 e. The van der Waals surface area contributed by atoms with Crippen molar-refractivity contribution in [3.8, 4) is 5.75 Å². The highest BCUT2D eigenvalue weighted by atomic mass is 32.2. The molecule has 1 aromatic carbocycles. The van der Waals surface area contributed by atoms with Gasteiger partial charge in [-0.05, 0) is 25.1 Å². The Morgan fingerprint density at radius 2 is 2.40 bits per heavy atom. The fourth-order valence-corrected chi connectivity index (χ4v) is 2.89. The third-order valence-corrected chi connectivity index (χ3v) is 3.82. The molecule has 1 saturated heterocycles. The molecule has 0 amide bonds. The summed E-state index contributed by atoms with van der Waals surface area (Å²) in [6.45, 7) is 2.20. The molecule has 1 aliphatic rings. The molecule has 4 heteroatoms. The first-order valence-corrected chi connectivity index (χ1v) is 5.98. The van der Waals surface area contributed by atoms with Crippen molar-refractivity contribution in [2.24, 2.45) is 0 Å². The second-order valence-electron chi connectivity index (χ2n) is 3.64. The SMILES string of the molecule is COc1cc(N)ccc1SC1CCNC1. The van der Waals surface area contributed by atoms with Crippen LogP contribution >= 0.6 is 11.8 Å². The van der Waals surface area contributed by atoms with Gasteiger partial charge in [-0.1, -0.05) is 0 Å². The molecule has 0 radical (unpaired) electrons. The average molecular weight is 224 g/mol. The van der Waals surface area contributed by atoms with Crippen LogP contribution in [0, 0.1) is 0 Å². The molecule has 0 spiro atoms. The Labute approximate surface area is 94.4 Å². The van der Waals surface area contributed by atoms with Crippen molar-refractivity contribution in [1.29, 1.82) is 0 Å². The zero-order valence-electron chi connectivity index (χ0n) is 8.82. The van der Waals surface area contributed by atoms with Gasteiger partial charge in [0.05, 0.1) is 7.11 Å². The minimum atomic E-state index is 0.655. The molecule has 2 rings (SSSR count). The van der Waals surface area contributed by atoms with Gasteiger partial charge < -0.3 is 15.8 Å². The quantitative estimate of drug-likeness (QED) is 0.768.